The Hall–Kier alpha value is -2.47. The summed E-state index contributed by atoms with van der Waals surface area (Å²) < 4.78 is 6.73. The number of carbonyl (C=O) groups is 1. The molecule has 0 radical (unpaired) electrons. The number of nitrogens with zero attached hydrogens (tertiary/aromatic N) is 3. The molecule has 0 N–H and O–H groups in total. The van der Waals surface area contributed by atoms with Crippen molar-refractivity contribution < 1.29 is 9.53 Å². The first-order valence-electron chi connectivity index (χ1n) is 6.37. The lowest BCUT2D eigenvalue weighted by Crippen LogP contribution is -2.00. The minimum atomic E-state index is -0.304. The highest BCUT2D eigenvalue weighted by molar-refractivity contribution is 7.13. The van der Waals surface area contributed by atoms with Gasteiger partial charge in [-0.25, -0.2) is 9.78 Å². The van der Waals surface area contributed by atoms with Gasteiger partial charge >= 0.3 is 5.97 Å². The van der Waals surface area contributed by atoms with Gasteiger partial charge in [0.1, 0.15) is 10.6 Å². The van der Waals surface area contributed by atoms with Gasteiger partial charge in [0.2, 0.25) is 0 Å². The van der Waals surface area contributed by atoms with E-state index in [1.165, 1.54) is 18.4 Å². The molecule has 0 amide bonds. The van der Waals surface area contributed by atoms with Gasteiger partial charge in [-0.1, -0.05) is 6.07 Å². The zero-order valence-electron chi connectivity index (χ0n) is 11.4. The van der Waals surface area contributed by atoms with E-state index in [-0.39, 0.29) is 5.97 Å². The molecule has 0 aliphatic heterocycles. The molecule has 0 spiro atoms. The monoisotopic (exact) mass is 299 g/mol. The first kappa shape index (κ1) is 13.5. The molecule has 0 fully saturated rings. The van der Waals surface area contributed by atoms with Gasteiger partial charge in [0.25, 0.3) is 0 Å². The normalized spacial score (nSPS) is 10.5. The lowest BCUT2D eigenvalue weighted by atomic mass is 10.3. The molecule has 3 aromatic heterocycles. The molecule has 0 atom stereocenters. The summed E-state index contributed by atoms with van der Waals surface area (Å²) in [6.07, 6.45) is 5.40. The van der Waals surface area contributed by atoms with Crippen molar-refractivity contribution >= 4 is 17.3 Å². The Bertz CT molecular complexity index is 749. The summed E-state index contributed by atoms with van der Waals surface area (Å²) in [4.78, 5) is 21.8. The maximum absolute atomic E-state index is 11.5. The van der Waals surface area contributed by atoms with Crippen LogP contribution < -0.4 is 0 Å². The predicted molar refractivity (Wildman–Crippen MR) is 80.2 cm³/mol. The van der Waals surface area contributed by atoms with Crippen LogP contribution in [0.1, 0.15) is 14.5 Å². The van der Waals surface area contributed by atoms with E-state index in [1.54, 1.807) is 18.5 Å². The topological polar surface area (TPSA) is 57.0 Å². The van der Waals surface area contributed by atoms with E-state index in [2.05, 4.69) is 9.97 Å². The third kappa shape index (κ3) is 2.85. The van der Waals surface area contributed by atoms with Crippen LogP contribution in [0, 0.1) is 0 Å². The fourth-order valence-electron chi connectivity index (χ4n) is 2.01. The summed E-state index contributed by atoms with van der Waals surface area (Å²) in [5, 5.41) is 0. The fourth-order valence-corrected chi connectivity index (χ4v) is 2.93. The van der Waals surface area contributed by atoms with Crippen molar-refractivity contribution in [2.75, 3.05) is 7.11 Å². The smallest absolute Gasteiger partial charge is 0.348 e. The van der Waals surface area contributed by atoms with Crippen LogP contribution in [0.25, 0.3) is 11.5 Å². The number of thiophene rings is 1. The summed E-state index contributed by atoms with van der Waals surface area (Å²) in [5.74, 6) is 0.505. The van der Waals surface area contributed by atoms with Crippen molar-refractivity contribution in [2.24, 2.45) is 0 Å². The van der Waals surface area contributed by atoms with E-state index in [1.807, 2.05) is 35.0 Å². The van der Waals surface area contributed by atoms with Crippen LogP contribution in [0.4, 0.5) is 0 Å². The Kier molecular flexibility index (Phi) is 3.79. The number of pyridine rings is 1. The van der Waals surface area contributed by atoms with Crippen molar-refractivity contribution in [3.63, 3.8) is 0 Å². The van der Waals surface area contributed by atoms with E-state index < -0.39 is 0 Å². The maximum Gasteiger partial charge on any atom is 0.348 e. The van der Waals surface area contributed by atoms with Crippen molar-refractivity contribution in [1.29, 1.82) is 0 Å². The zero-order valence-corrected chi connectivity index (χ0v) is 12.2. The average molecular weight is 299 g/mol. The zero-order chi connectivity index (χ0) is 14.7. The van der Waals surface area contributed by atoms with E-state index in [0.29, 0.717) is 11.4 Å². The lowest BCUT2D eigenvalue weighted by molar-refractivity contribution is 0.0606. The third-order valence-electron chi connectivity index (χ3n) is 2.98. The predicted octanol–water partition coefficient (Wildman–Crippen LogP) is 2.84. The second kappa shape index (κ2) is 5.88. The molecular formula is C15H13N3O2S. The average Bonchev–Trinajstić information content (AvgIpc) is 3.17. The summed E-state index contributed by atoms with van der Waals surface area (Å²) in [5.41, 5.74) is 0.826. The standard InChI is InChI=1S/C15H13N3O2S/c1-20-15(19)13-6-5-11(21-13)10-18-9-8-17-14(18)12-4-2-3-7-16-12/h2-9H,10H2,1H3. The molecule has 0 saturated carbocycles. The molecule has 6 heteroatoms. The molecular weight excluding hydrogens is 286 g/mol. The molecule has 0 unspecified atom stereocenters. The molecule has 106 valence electrons. The minimum absolute atomic E-state index is 0.304. The van der Waals surface area contributed by atoms with E-state index in [9.17, 15) is 4.79 Å². The molecule has 3 rings (SSSR count). The Balaban J connectivity index is 1.85. The largest absolute Gasteiger partial charge is 0.465 e. The van der Waals surface area contributed by atoms with E-state index in [4.69, 9.17) is 4.74 Å². The van der Waals surface area contributed by atoms with Gasteiger partial charge in [0.15, 0.2) is 5.82 Å². The molecule has 21 heavy (non-hydrogen) atoms. The number of hydrogen-bond acceptors (Lipinski definition) is 5. The van der Waals surface area contributed by atoms with Gasteiger partial charge in [-0.2, -0.15) is 0 Å². The minimum Gasteiger partial charge on any atom is -0.465 e. The summed E-state index contributed by atoms with van der Waals surface area (Å²) in [6, 6.07) is 9.44. The summed E-state index contributed by atoms with van der Waals surface area (Å²) >= 11 is 1.42. The molecule has 3 aromatic rings. The van der Waals surface area contributed by atoms with E-state index >= 15 is 0 Å². The van der Waals surface area contributed by atoms with Gasteiger partial charge in [0, 0.05) is 23.5 Å². The number of imidazole rings is 1. The molecule has 0 bridgehead atoms. The van der Waals surface area contributed by atoms with Gasteiger partial charge < -0.3 is 9.30 Å². The molecule has 3 heterocycles. The maximum atomic E-state index is 11.5. The Labute approximate surface area is 125 Å². The summed E-state index contributed by atoms with van der Waals surface area (Å²) in [6.45, 7) is 0.646. The molecule has 0 aromatic carbocycles. The number of esters is 1. The molecule has 0 saturated heterocycles. The number of aromatic nitrogens is 3. The first-order chi connectivity index (χ1) is 10.3. The Morgan fingerprint density at radius 2 is 2.14 bits per heavy atom. The highest BCUT2D eigenvalue weighted by atomic mass is 32.1. The Morgan fingerprint density at radius 3 is 2.90 bits per heavy atom. The van der Waals surface area contributed by atoms with Crippen LogP contribution in [0.2, 0.25) is 0 Å². The highest BCUT2D eigenvalue weighted by Crippen LogP contribution is 2.21. The Morgan fingerprint density at radius 1 is 1.24 bits per heavy atom. The number of hydrogen-bond donors (Lipinski definition) is 0. The lowest BCUT2D eigenvalue weighted by Gasteiger charge is -2.05. The number of rotatable bonds is 4. The van der Waals surface area contributed by atoms with Crippen LogP contribution in [0.3, 0.4) is 0 Å². The van der Waals surface area contributed by atoms with Gasteiger partial charge in [0.05, 0.1) is 13.7 Å². The van der Waals surface area contributed by atoms with Crippen molar-refractivity contribution in [1.82, 2.24) is 14.5 Å². The molecule has 5 nitrogen and oxygen atoms in total. The molecule has 0 aliphatic rings. The van der Waals surface area contributed by atoms with Crippen LogP contribution in [-0.4, -0.2) is 27.6 Å². The van der Waals surface area contributed by atoms with Crippen LogP contribution >= 0.6 is 11.3 Å². The van der Waals surface area contributed by atoms with Gasteiger partial charge in [-0.3, -0.25) is 4.98 Å². The fraction of sp³-hybridized carbons (Fsp3) is 0.133. The highest BCUT2D eigenvalue weighted by Gasteiger charge is 2.11. The second-order valence-electron chi connectivity index (χ2n) is 4.35. The molecule has 0 aliphatic carbocycles. The van der Waals surface area contributed by atoms with Crippen LogP contribution in [0.15, 0.2) is 48.9 Å². The quantitative estimate of drug-likeness (QED) is 0.695. The SMILES string of the molecule is COC(=O)c1ccc(Cn2ccnc2-c2ccccn2)s1. The second-order valence-corrected chi connectivity index (χ2v) is 5.52. The number of methoxy groups -OCH3 is 1. The summed E-state index contributed by atoms with van der Waals surface area (Å²) in [7, 11) is 1.39. The number of carbonyl (C=O) groups excluding carboxylic acids is 1. The van der Waals surface area contributed by atoms with Crippen LogP contribution in [-0.2, 0) is 11.3 Å². The van der Waals surface area contributed by atoms with Crippen molar-refractivity contribution in [3.05, 3.63) is 58.7 Å². The van der Waals surface area contributed by atoms with Gasteiger partial charge in [-0.05, 0) is 24.3 Å². The van der Waals surface area contributed by atoms with E-state index in [0.717, 1.165) is 16.4 Å². The van der Waals surface area contributed by atoms with Crippen LogP contribution in [0.5, 0.6) is 0 Å². The third-order valence-corrected chi connectivity index (χ3v) is 4.03. The van der Waals surface area contributed by atoms with Crippen molar-refractivity contribution in [2.45, 2.75) is 6.54 Å². The number of ether oxygens (including phenoxy) is 1. The first-order valence-corrected chi connectivity index (χ1v) is 7.19. The van der Waals surface area contributed by atoms with Crippen molar-refractivity contribution in [3.8, 4) is 11.5 Å². The van der Waals surface area contributed by atoms with Gasteiger partial charge in [-0.15, -0.1) is 11.3 Å².